The molecule has 0 fully saturated rings. The van der Waals surface area contributed by atoms with E-state index in [0.717, 1.165) is 6.07 Å². The number of carboxylic acids is 1. The molecule has 0 aliphatic heterocycles. The van der Waals surface area contributed by atoms with Gasteiger partial charge >= 0.3 is 11.7 Å². The molecule has 0 unspecified atom stereocenters. The monoisotopic (exact) mass is 319 g/mol. The largest absolute Gasteiger partial charge is 0.495 e. The summed E-state index contributed by atoms with van der Waals surface area (Å²) < 4.78 is 9.93. The molecule has 0 aliphatic rings. The summed E-state index contributed by atoms with van der Waals surface area (Å²) in [4.78, 5) is 21.4. The molecule has 1 aromatic rings. The molecule has 1 N–H and O–H groups in total. The fourth-order valence-electron chi connectivity index (χ4n) is 1.58. The Morgan fingerprint density at radius 1 is 1.61 bits per heavy atom. The number of aromatic carboxylic acids is 1. The summed E-state index contributed by atoms with van der Waals surface area (Å²) in [5.74, 6) is -1.41. The van der Waals surface area contributed by atoms with Gasteiger partial charge in [-0.25, -0.2) is 4.79 Å². The van der Waals surface area contributed by atoms with E-state index < -0.39 is 10.9 Å². The number of ether oxygens (including phenoxy) is 2. The third kappa shape index (κ3) is 2.53. The minimum Gasteiger partial charge on any atom is -0.495 e. The van der Waals surface area contributed by atoms with Gasteiger partial charge in [-0.05, 0) is 22.9 Å². The van der Waals surface area contributed by atoms with Gasteiger partial charge in [0.15, 0.2) is 5.75 Å². The molecule has 0 atom stereocenters. The van der Waals surface area contributed by atoms with Crippen LogP contribution in [0.4, 0.5) is 5.69 Å². The molecule has 0 saturated carbocycles. The van der Waals surface area contributed by atoms with Crippen LogP contribution in [0.5, 0.6) is 11.5 Å². The molecule has 7 nitrogen and oxygen atoms in total. The van der Waals surface area contributed by atoms with Crippen molar-refractivity contribution in [1.82, 2.24) is 0 Å². The van der Waals surface area contributed by atoms with Gasteiger partial charge in [0.2, 0.25) is 0 Å². The van der Waals surface area contributed by atoms with Crippen molar-refractivity contribution in [2.75, 3.05) is 12.6 Å². The van der Waals surface area contributed by atoms with Crippen molar-refractivity contribution in [3.8, 4) is 11.5 Å². The highest BCUT2D eigenvalue weighted by atomic mass is 79.9. The zero-order chi connectivity index (χ0) is 13.9. The highest BCUT2D eigenvalue weighted by Gasteiger charge is 2.27. The molecule has 1 rings (SSSR count). The number of carboxylic acid groups (broad SMARTS) is 1. The lowest BCUT2D eigenvalue weighted by molar-refractivity contribution is -0.386. The highest BCUT2D eigenvalue weighted by Crippen LogP contribution is 2.39. The molecule has 0 saturated heterocycles. The van der Waals surface area contributed by atoms with E-state index in [1.165, 1.54) is 14.0 Å². The van der Waals surface area contributed by atoms with E-state index in [2.05, 4.69) is 15.9 Å². The molecule has 0 aliphatic carbocycles. The van der Waals surface area contributed by atoms with E-state index >= 15 is 0 Å². The van der Waals surface area contributed by atoms with Crippen LogP contribution in [0.15, 0.2) is 6.07 Å². The number of alkyl halides is 1. The summed E-state index contributed by atoms with van der Waals surface area (Å²) in [6, 6.07) is 1.08. The Hall–Kier alpha value is -1.83. The van der Waals surface area contributed by atoms with Crippen LogP contribution in [-0.2, 0) is 0 Å². The topological polar surface area (TPSA) is 98.9 Å². The van der Waals surface area contributed by atoms with Gasteiger partial charge in [0, 0.05) is 6.07 Å². The van der Waals surface area contributed by atoms with Crippen molar-refractivity contribution in [2.45, 2.75) is 6.92 Å². The number of methoxy groups -OCH3 is 1. The lowest BCUT2D eigenvalue weighted by atomic mass is 10.1. The molecule has 0 amide bonds. The zero-order valence-corrected chi connectivity index (χ0v) is 11.2. The van der Waals surface area contributed by atoms with Gasteiger partial charge in [0.05, 0.1) is 17.6 Å². The van der Waals surface area contributed by atoms with Crippen molar-refractivity contribution in [1.29, 1.82) is 0 Å². The molecule has 98 valence electrons. The van der Waals surface area contributed by atoms with Crippen molar-refractivity contribution < 1.29 is 24.3 Å². The molecule has 0 spiro atoms. The number of rotatable bonds is 5. The Balaban J connectivity index is 3.61. The smallest absolute Gasteiger partial charge is 0.339 e. The number of nitro benzene ring substituents is 1. The van der Waals surface area contributed by atoms with E-state index in [9.17, 15) is 14.9 Å². The molecular weight excluding hydrogens is 310 g/mol. The first-order chi connectivity index (χ1) is 8.43. The molecular formula is C10H10BrNO6. The first kappa shape index (κ1) is 14.2. The third-order valence-corrected chi connectivity index (χ3v) is 2.51. The average Bonchev–Trinajstić information content (AvgIpc) is 2.28. The Bertz CT molecular complexity index is 502. The minimum atomic E-state index is -1.25. The molecule has 0 heterocycles. The van der Waals surface area contributed by atoms with E-state index in [-0.39, 0.29) is 33.8 Å². The summed E-state index contributed by atoms with van der Waals surface area (Å²) in [5, 5.41) is 20.0. The molecule has 0 aromatic heterocycles. The Kier molecular flexibility index (Phi) is 4.49. The molecule has 8 heteroatoms. The maximum atomic E-state index is 11.1. The van der Waals surface area contributed by atoms with Crippen LogP contribution in [0.3, 0.4) is 0 Å². The minimum absolute atomic E-state index is 0.0126. The van der Waals surface area contributed by atoms with Crippen LogP contribution in [0.25, 0.3) is 0 Å². The molecule has 0 bridgehead atoms. The van der Waals surface area contributed by atoms with Crippen molar-refractivity contribution in [3.63, 3.8) is 0 Å². The summed E-state index contributed by atoms with van der Waals surface area (Å²) in [6.07, 6.45) is 0. The maximum absolute atomic E-state index is 11.1. The second-order valence-electron chi connectivity index (χ2n) is 3.24. The van der Waals surface area contributed by atoms with E-state index in [0.29, 0.717) is 0 Å². The Morgan fingerprint density at radius 3 is 2.61 bits per heavy atom. The van der Waals surface area contributed by atoms with Crippen molar-refractivity contribution in [2.24, 2.45) is 0 Å². The molecule has 0 radical (unpaired) electrons. The summed E-state index contributed by atoms with van der Waals surface area (Å²) in [5.41, 5.74) is -0.371. The van der Waals surface area contributed by atoms with Gasteiger partial charge in [0.1, 0.15) is 16.8 Å². The summed E-state index contributed by atoms with van der Waals surface area (Å²) in [7, 11) is 1.25. The number of hydrogen-bond donors (Lipinski definition) is 1. The third-order valence-electron chi connectivity index (χ3n) is 2.28. The van der Waals surface area contributed by atoms with Crippen LogP contribution in [-0.4, -0.2) is 28.6 Å². The van der Waals surface area contributed by atoms with Crippen molar-refractivity contribution in [3.05, 3.63) is 27.3 Å². The Morgan fingerprint density at radius 2 is 2.22 bits per heavy atom. The summed E-state index contributed by atoms with van der Waals surface area (Å²) in [6.45, 7) is 1.41. The van der Waals surface area contributed by atoms with Crippen LogP contribution >= 0.6 is 15.9 Å². The maximum Gasteiger partial charge on any atom is 0.339 e. The zero-order valence-electron chi connectivity index (χ0n) is 9.60. The van der Waals surface area contributed by atoms with E-state index in [4.69, 9.17) is 14.6 Å². The number of nitro groups is 1. The van der Waals surface area contributed by atoms with E-state index in [1.807, 2.05) is 0 Å². The second-order valence-corrected chi connectivity index (χ2v) is 3.70. The standard InChI is InChI=1S/C10H10BrNO6/c1-5-8(12(15)16)7(18-4-11)3-6(10(13)14)9(5)17-2/h3H,4H2,1-2H3,(H,13,14). The van der Waals surface area contributed by atoms with Gasteiger partial charge in [-0.2, -0.15) is 0 Å². The SMILES string of the molecule is COc1c(C(=O)O)cc(OCBr)c([N+](=O)[O-])c1C. The molecule has 18 heavy (non-hydrogen) atoms. The number of carbonyl (C=O) groups is 1. The van der Waals surface area contributed by atoms with Crippen LogP contribution < -0.4 is 9.47 Å². The lowest BCUT2D eigenvalue weighted by Crippen LogP contribution is -2.07. The van der Waals surface area contributed by atoms with Gasteiger partial charge in [0.25, 0.3) is 0 Å². The van der Waals surface area contributed by atoms with Crippen LogP contribution in [0, 0.1) is 17.0 Å². The van der Waals surface area contributed by atoms with Gasteiger partial charge in [-0.3, -0.25) is 10.1 Å². The number of hydrogen-bond acceptors (Lipinski definition) is 5. The van der Waals surface area contributed by atoms with Gasteiger partial charge in [-0.15, -0.1) is 0 Å². The number of benzene rings is 1. The van der Waals surface area contributed by atoms with Crippen molar-refractivity contribution >= 4 is 27.6 Å². The number of nitrogens with zero attached hydrogens (tertiary/aromatic N) is 1. The first-order valence-corrected chi connectivity index (χ1v) is 5.84. The van der Waals surface area contributed by atoms with Gasteiger partial charge in [-0.1, -0.05) is 0 Å². The fraction of sp³-hybridized carbons (Fsp3) is 0.300. The average molecular weight is 320 g/mol. The number of halogens is 1. The second kappa shape index (κ2) is 5.67. The van der Waals surface area contributed by atoms with Crippen LogP contribution in [0.1, 0.15) is 15.9 Å². The highest BCUT2D eigenvalue weighted by molar-refractivity contribution is 9.09. The van der Waals surface area contributed by atoms with Crippen LogP contribution in [0.2, 0.25) is 0 Å². The molecule has 1 aromatic carbocycles. The van der Waals surface area contributed by atoms with Gasteiger partial charge < -0.3 is 14.6 Å². The first-order valence-electron chi connectivity index (χ1n) is 4.72. The lowest BCUT2D eigenvalue weighted by Gasteiger charge is -2.12. The quantitative estimate of drug-likeness (QED) is 0.508. The predicted octanol–water partition coefficient (Wildman–Crippen LogP) is 2.34. The summed E-state index contributed by atoms with van der Waals surface area (Å²) >= 11 is 2.97. The fourth-order valence-corrected chi connectivity index (χ4v) is 1.82. The normalized spacial score (nSPS) is 9.94. The van der Waals surface area contributed by atoms with E-state index in [1.54, 1.807) is 0 Å². The Labute approximate surface area is 111 Å². The predicted molar refractivity (Wildman–Crippen MR) is 65.8 cm³/mol.